The summed E-state index contributed by atoms with van der Waals surface area (Å²) in [7, 11) is 1.99. The Labute approximate surface area is 60.4 Å². The van der Waals surface area contributed by atoms with E-state index in [1.807, 2.05) is 17.1 Å². The van der Waals surface area contributed by atoms with Gasteiger partial charge >= 0.3 is 0 Å². The van der Waals surface area contributed by atoms with Crippen molar-refractivity contribution in [3.8, 4) is 0 Å². The van der Waals surface area contributed by atoms with Crippen molar-refractivity contribution in [2.24, 2.45) is 5.73 Å². The number of hydrogen-bond donors (Lipinski definition) is 1. The van der Waals surface area contributed by atoms with Gasteiger partial charge in [0.1, 0.15) is 0 Å². The molecule has 3 nitrogen and oxygen atoms in total. The molecule has 1 saturated heterocycles. The molecular formula is C5H11N3S. The Morgan fingerprint density at radius 2 is 2.22 bits per heavy atom. The SMILES string of the molecule is CN1CCCN1C(N)=S. The fraction of sp³-hybridized carbons (Fsp3) is 0.800. The second-order valence-electron chi connectivity index (χ2n) is 2.20. The molecular weight excluding hydrogens is 134 g/mol. The highest BCUT2D eigenvalue weighted by Crippen LogP contribution is 2.05. The molecule has 0 aromatic rings. The topological polar surface area (TPSA) is 32.5 Å². The third-order valence-corrected chi connectivity index (χ3v) is 1.73. The quantitative estimate of drug-likeness (QED) is 0.478. The number of thiocarbonyl (C=S) groups is 1. The summed E-state index contributed by atoms with van der Waals surface area (Å²) in [6.07, 6.45) is 1.16. The van der Waals surface area contributed by atoms with E-state index in [2.05, 4.69) is 0 Å². The van der Waals surface area contributed by atoms with Crippen LogP contribution < -0.4 is 5.73 Å². The molecule has 1 aliphatic heterocycles. The number of hydrogen-bond acceptors (Lipinski definition) is 2. The molecule has 0 radical (unpaired) electrons. The minimum Gasteiger partial charge on any atom is -0.375 e. The molecule has 0 bridgehead atoms. The standard InChI is InChI=1S/C5H11N3S/c1-7-3-2-4-8(7)5(6)9/h2-4H2,1H3,(H2,6,9). The lowest BCUT2D eigenvalue weighted by molar-refractivity contribution is 0.146. The monoisotopic (exact) mass is 145 g/mol. The summed E-state index contributed by atoms with van der Waals surface area (Å²) in [5.41, 5.74) is 5.40. The summed E-state index contributed by atoms with van der Waals surface area (Å²) in [5, 5.41) is 4.44. The van der Waals surface area contributed by atoms with Crippen molar-refractivity contribution in [3.63, 3.8) is 0 Å². The van der Waals surface area contributed by atoms with E-state index in [1.165, 1.54) is 0 Å². The van der Waals surface area contributed by atoms with Crippen molar-refractivity contribution in [2.75, 3.05) is 20.1 Å². The zero-order chi connectivity index (χ0) is 6.85. The van der Waals surface area contributed by atoms with Gasteiger partial charge in [0.2, 0.25) is 0 Å². The molecule has 0 amide bonds. The van der Waals surface area contributed by atoms with Gasteiger partial charge in [-0.3, -0.25) is 5.01 Å². The number of nitrogens with zero attached hydrogens (tertiary/aromatic N) is 2. The Morgan fingerprint density at radius 1 is 1.56 bits per heavy atom. The lowest BCUT2D eigenvalue weighted by atomic mass is 10.5. The van der Waals surface area contributed by atoms with E-state index < -0.39 is 0 Å². The molecule has 9 heavy (non-hydrogen) atoms. The molecule has 1 heterocycles. The third-order valence-electron chi connectivity index (χ3n) is 1.52. The lowest BCUT2D eigenvalue weighted by Gasteiger charge is -2.23. The van der Waals surface area contributed by atoms with Gasteiger partial charge in [0.05, 0.1) is 0 Å². The van der Waals surface area contributed by atoms with Crippen LogP contribution in [0.25, 0.3) is 0 Å². The summed E-state index contributed by atoms with van der Waals surface area (Å²) in [5.74, 6) is 0. The minimum atomic E-state index is 0.481. The highest BCUT2D eigenvalue weighted by Gasteiger charge is 2.17. The Bertz CT molecular complexity index is 125. The molecule has 1 rings (SSSR count). The Balaban J connectivity index is 2.49. The molecule has 0 aromatic heterocycles. The first-order chi connectivity index (χ1) is 4.22. The molecule has 0 saturated carbocycles. The van der Waals surface area contributed by atoms with E-state index in [0.717, 1.165) is 19.5 Å². The molecule has 0 unspecified atom stereocenters. The first-order valence-electron chi connectivity index (χ1n) is 3.00. The first kappa shape index (κ1) is 6.77. The van der Waals surface area contributed by atoms with Crippen LogP contribution in [0.1, 0.15) is 6.42 Å². The van der Waals surface area contributed by atoms with E-state index in [0.29, 0.717) is 5.11 Å². The van der Waals surface area contributed by atoms with Crippen LogP contribution in [0.15, 0.2) is 0 Å². The Hall–Kier alpha value is -0.350. The van der Waals surface area contributed by atoms with Gasteiger partial charge in [0.25, 0.3) is 0 Å². The van der Waals surface area contributed by atoms with Crippen LogP contribution in [0, 0.1) is 0 Å². The smallest absolute Gasteiger partial charge is 0.181 e. The van der Waals surface area contributed by atoms with Crippen molar-refractivity contribution in [2.45, 2.75) is 6.42 Å². The molecule has 2 N–H and O–H groups in total. The normalized spacial score (nSPS) is 20.8. The van der Waals surface area contributed by atoms with Gasteiger partial charge in [0, 0.05) is 20.1 Å². The van der Waals surface area contributed by atoms with E-state index >= 15 is 0 Å². The van der Waals surface area contributed by atoms with Crippen molar-refractivity contribution in [1.82, 2.24) is 10.0 Å². The predicted octanol–water partition coefficient (Wildman–Crippen LogP) is -0.217. The van der Waals surface area contributed by atoms with Gasteiger partial charge in [-0.2, -0.15) is 0 Å². The van der Waals surface area contributed by atoms with Crippen LogP contribution >= 0.6 is 12.2 Å². The van der Waals surface area contributed by atoms with Crippen LogP contribution in [0.5, 0.6) is 0 Å². The Kier molecular flexibility index (Phi) is 1.87. The van der Waals surface area contributed by atoms with Gasteiger partial charge in [0.15, 0.2) is 5.11 Å². The zero-order valence-corrected chi connectivity index (χ0v) is 6.32. The molecule has 0 aliphatic carbocycles. The van der Waals surface area contributed by atoms with Crippen molar-refractivity contribution in [1.29, 1.82) is 0 Å². The zero-order valence-electron chi connectivity index (χ0n) is 5.50. The maximum absolute atomic E-state index is 5.40. The fourth-order valence-electron chi connectivity index (χ4n) is 1.02. The molecule has 1 aliphatic rings. The van der Waals surface area contributed by atoms with Gasteiger partial charge < -0.3 is 5.73 Å². The van der Waals surface area contributed by atoms with E-state index in [4.69, 9.17) is 18.0 Å². The number of rotatable bonds is 0. The van der Waals surface area contributed by atoms with Crippen LogP contribution in [0.4, 0.5) is 0 Å². The van der Waals surface area contributed by atoms with E-state index in [1.54, 1.807) is 0 Å². The van der Waals surface area contributed by atoms with Crippen molar-refractivity contribution >= 4 is 17.3 Å². The maximum Gasteiger partial charge on any atom is 0.181 e. The first-order valence-corrected chi connectivity index (χ1v) is 3.40. The molecule has 4 heteroatoms. The second-order valence-corrected chi connectivity index (χ2v) is 2.61. The van der Waals surface area contributed by atoms with Crippen LogP contribution in [0.2, 0.25) is 0 Å². The van der Waals surface area contributed by atoms with Crippen molar-refractivity contribution in [3.05, 3.63) is 0 Å². The number of nitrogens with two attached hydrogens (primary N) is 1. The van der Waals surface area contributed by atoms with Crippen LogP contribution in [-0.2, 0) is 0 Å². The second kappa shape index (κ2) is 2.49. The predicted molar refractivity (Wildman–Crippen MR) is 40.7 cm³/mol. The summed E-state index contributed by atoms with van der Waals surface area (Å²) in [6.45, 7) is 2.04. The minimum absolute atomic E-state index is 0.481. The molecule has 52 valence electrons. The van der Waals surface area contributed by atoms with Crippen LogP contribution in [0.3, 0.4) is 0 Å². The lowest BCUT2D eigenvalue weighted by Crippen LogP contribution is -2.41. The van der Waals surface area contributed by atoms with Gasteiger partial charge in [-0.15, -0.1) is 0 Å². The molecule has 0 atom stereocenters. The highest BCUT2D eigenvalue weighted by molar-refractivity contribution is 7.80. The average Bonchev–Trinajstić information content (AvgIpc) is 2.13. The molecule has 1 fully saturated rings. The summed E-state index contributed by atoms with van der Waals surface area (Å²) in [6, 6.07) is 0. The van der Waals surface area contributed by atoms with E-state index in [-0.39, 0.29) is 0 Å². The van der Waals surface area contributed by atoms with Crippen molar-refractivity contribution < 1.29 is 0 Å². The highest BCUT2D eigenvalue weighted by atomic mass is 32.1. The summed E-state index contributed by atoms with van der Waals surface area (Å²) < 4.78 is 0. The number of hydrazine groups is 1. The maximum atomic E-state index is 5.40. The Morgan fingerprint density at radius 3 is 2.44 bits per heavy atom. The molecule has 0 aromatic carbocycles. The van der Waals surface area contributed by atoms with Gasteiger partial charge in [-0.05, 0) is 18.6 Å². The average molecular weight is 145 g/mol. The fourth-order valence-corrected chi connectivity index (χ4v) is 1.25. The molecule has 0 spiro atoms. The largest absolute Gasteiger partial charge is 0.375 e. The van der Waals surface area contributed by atoms with Gasteiger partial charge in [-0.1, -0.05) is 0 Å². The van der Waals surface area contributed by atoms with E-state index in [9.17, 15) is 0 Å². The third kappa shape index (κ3) is 1.31. The summed E-state index contributed by atoms with van der Waals surface area (Å²) in [4.78, 5) is 0. The summed E-state index contributed by atoms with van der Waals surface area (Å²) >= 11 is 4.79. The van der Waals surface area contributed by atoms with Crippen LogP contribution in [-0.4, -0.2) is 35.3 Å². The van der Waals surface area contributed by atoms with Gasteiger partial charge in [-0.25, -0.2) is 5.01 Å².